The van der Waals surface area contributed by atoms with Crippen LogP contribution >= 0.6 is 17.0 Å². The minimum Gasteiger partial charge on any atom is -0.477 e. The van der Waals surface area contributed by atoms with Crippen molar-refractivity contribution < 1.29 is 9.90 Å². The number of aromatic nitrogens is 1. The normalized spacial score (nSPS) is 8.36. The standard InChI is InChI=1S/C6H5NO3.BrH/c8-4-1-2-7-5(3-4)6(9)10;/h1-3H,(H,7,8)(H,9,10);1H. The third-order valence-corrected chi connectivity index (χ3v) is 1.00. The number of carboxylic acids is 1. The molecule has 0 fully saturated rings. The molecular formula is C6H6BrNO3. The Balaban J connectivity index is 0.000001000. The summed E-state index contributed by atoms with van der Waals surface area (Å²) in [4.78, 5) is 23.1. The number of hydrogen-bond acceptors (Lipinski definition) is 2. The molecular weight excluding hydrogens is 214 g/mol. The predicted octanol–water partition coefficient (Wildman–Crippen LogP) is 0.651. The molecule has 0 spiro atoms. The summed E-state index contributed by atoms with van der Waals surface area (Å²) in [7, 11) is 0. The van der Waals surface area contributed by atoms with Crippen molar-refractivity contribution in [2.75, 3.05) is 0 Å². The second kappa shape index (κ2) is 3.92. The second-order valence-electron chi connectivity index (χ2n) is 1.74. The van der Waals surface area contributed by atoms with E-state index in [0.29, 0.717) is 0 Å². The zero-order valence-electron chi connectivity index (χ0n) is 5.40. The van der Waals surface area contributed by atoms with Crippen LogP contribution in [0.25, 0.3) is 0 Å². The van der Waals surface area contributed by atoms with Crippen molar-refractivity contribution in [2.45, 2.75) is 0 Å². The summed E-state index contributed by atoms with van der Waals surface area (Å²) in [6, 6.07) is 2.29. The molecule has 1 rings (SSSR count). The Morgan fingerprint density at radius 3 is 2.55 bits per heavy atom. The van der Waals surface area contributed by atoms with Crippen molar-refractivity contribution in [2.24, 2.45) is 0 Å². The van der Waals surface area contributed by atoms with Gasteiger partial charge in [0.05, 0.1) is 0 Å². The Kier molecular flexibility index (Phi) is 3.53. The van der Waals surface area contributed by atoms with Gasteiger partial charge < -0.3 is 10.1 Å². The zero-order chi connectivity index (χ0) is 7.56. The van der Waals surface area contributed by atoms with Crippen LogP contribution in [-0.2, 0) is 0 Å². The van der Waals surface area contributed by atoms with Gasteiger partial charge in [-0.3, -0.25) is 4.79 Å². The van der Waals surface area contributed by atoms with Gasteiger partial charge in [-0.2, -0.15) is 0 Å². The highest BCUT2D eigenvalue weighted by atomic mass is 79.9. The number of halogens is 1. The molecule has 2 N–H and O–H groups in total. The van der Waals surface area contributed by atoms with Crippen molar-refractivity contribution in [3.63, 3.8) is 0 Å². The average Bonchev–Trinajstić information content (AvgIpc) is 1.88. The minimum atomic E-state index is -1.13. The van der Waals surface area contributed by atoms with Gasteiger partial charge in [0.2, 0.25) is 0 Å². The average molecular weight is 220 g/mol. The van der Waals surface area contributed by atoms with Crippen LogP contribution in [0.15, 0.2) is 23.1 Å². The molecule has 1 aromatic rings. The lowest BCUT2D eigenvalue weighted by atomic mass is 10.3. The first kappa shape index (κ1) is 9.90. The second-order valence-corrected chi connectivity index (χ2v) is 1.74. The molecule has 0 unspecified atom stereocenters. The van der Waals surface area contributed by atoms with E-state index in [1.807, 2.05) is 0 Å². The van der Waals surface area contributed by atoms with E-state index in [1.165, 1.54) is 12.3 Å². The molecule has 0 atom stereocenters. The van der Waals surface area contributed by atoms with Crippen molar-refractivity contribution in [1.82, 2.24) is 4.98 Å². The number of rotatable bonds is 1. The summed E-state index contributed by atoms with van der Waals surface area (Å²) >= 11 is 0. The molecule has 0 radical (unpaired) electrons. The number of carboxylic acid groups (broad SMARTS) is 1. The summed E-state index contributed by atoms with van der Waals surface area (Å²) in [6.45, 7) is 0. The zero-order valence-corrected chi connectivity index (χ0v) is 7.12. The third-order valence-electron chi connectivity index (χ3n) is 1.00. The fraction of sp³-hybridized carbons (Fsp3) is 0. The van der Waals surface area contributed by atoms with E-state index in [-0.39, 0.29) is 28.1 Å². The van der Waals surface area contributed by atoms with Gasteiger partial charge >= 0.3 is 5.97 Å². The molecule has 1 heterocycles. The van der Waals surface area contributed by atoms with Crippen LogP contribution in [0.3, 0.4) is 0 Å². The number of carbonyl (C=O) groups is 1. The lowest BCUT2D eigenvalue weighted by molar-refractivity contribution is 0.0690. The minimum absolute atomic E-state index is 0. The van der Waals surface area contributed by atoms with E-state index >= 15 is 0 Å². The van der Waals surface area contributed by atoms with Gasteiger partial charge in [-0.25, -0.2) is 4.79 Å². The number of aromatic carboxylic acids is 1. The van der Waals surface area contributed by atoms with Crippen LogP contribution in [-0.4, -0.2) is 16.1 Å². The van der Waals surface area contributed by atoms with E-state index < -0.39 is 5.97 Å². The number of hydrogen-bond donors (Lipinski definition) is 2. The Morgan fingerprint density at radius 2 is 2.18 bits per heavy atom. The molecule has 0 aromatic carbocycles. The quantitative estimate of drug-likeness (QED) is 0.729. The molecule has 11 heavy (non-hydrogen) atoms. The molecule has 0 aliphatic carbocycles. The Bertz CT molecular complexity index is 307. The summed E-state index contributed by atoms with van der Waals surface area (Å²) in [5.41, 5.74) is -0.399. The van der Waals surface area contributed by atoms with E-state index in [0.717, 1.165) is 6.07 Å². The molecule has 0 bridgehead atoms. The number of nitrogens with one attached hydrogen (secondary N) is 1. The van der Waals surface area contributed by atoms with E-state index in [2.05, 4.69) is 4.98 Å². The maximum absolute atomic E-state index is 10.5. The Labute approximate surface area is 72.6 Å². The number of pyridine rings is 1. The smallest absolute Gasteiger partial charge is 0.352 e. The van der Waals surface area contributed by atoms with Crippen LogP contribution in [0, 0.1) is 0 Å². The van der Waals surface area contributed by atoms with Gasteiger partial charge in [0.25, 0.3) is 0 Å². The predicted molar refractivity (Wildman–Crippen MR) is 44.3 cm³/mol. The monoisotopic (exact) mass is 219 g/mol. The summed E-state index contributed by atoms with van der Waals surface area (Å²) in [5, 5.41) is 8.34. The molecule has 4 nitrogen and oxygen atoms in total. The van der Waals surface area contributed by atoms with Crippen LogP contribution in [0.5, 0.6) is 0 Å². The molecule has 0 aliphatic heterocycles. The molecule has 5 heteroatoms. The van der Waals surface area contributed by atoms with Crippen molar-refractivity contribution in [3.8, 4) is 0 Å². The van der Waals surface area contributed by atoms with Gasteiger partial charge in [-0.1, -0.05) is 0 Å². The lowest BCUT2D eigenvalue weighted by Crippen LogP contribution is -2.06. The van der Waals surface area contributed by atoms with Crippen molar-refractivity contribution >= 4 is 23.0 Å². The van der Waals surface area contributed by atoms with Gasteiger partial charge in [0.15, 0.2) is 5.43 Å². The first-order valence-electron chi connectivity index (χ1n) is 2.62. The molecule has 60 valence electrons. The summed E-state index contributed by atoms with van der Waals surface area (Å²) in [5.74, 6) is -1.13. The first-order chi connectivity index (χ1) is 4.70. The van der Waals surface area contributed by atoms with Gasteiger partial charge in [0.1, 0.15) is 5.69 Å². The topological polar surface area (TPSA) is 70.2 Å². The molecule has 0 saturated carbocycles. The van der Waals surface area contributed by atoms with Gasteiger partial charge in [-0.05, 0) is 0 Å². The molecule has 0 aliphatic rings. The van der Waals surface area contributed by atoms with Gasteiger partial charge in [0, 0.05) is 18.3 Å². The number of H-pyrrole nitrogens is 1. The van der Waals surface area contributed by atoms with Crippen LogP contribution in [0.1, 0.15) is 10.5 Å². The number of aromatic amines is 1. The van der Waals surface area contributed by atoms with E-state index in [1.54, 1.807) is 0 Å². The highest BCUT2D eigenvalue weighted by molar-refractivity contribution is 8.93. The van der Waals surface area contributed by atoms with E-state index in [4.69, 9.17) is 5.11 Å². The summed E-state index contributed by atoms with van der Waals surface area (Å²) < 4.78 is 0. The summed E-state index contributed by atoms with van der Waals surface area (Å²) in [6.07, 6.45) is 1.30. The maximum atomic E-state index is 10.5. The fourth-order valence-electron chi connectivity index (χ4n) is 0.569. The lowest BCUT2D eigenvalue weighted by Gasteiger charge is -1.89. The molecule has 0 saturated heterocycles. The Morgan fingerprint density at radius 1 is 1.55 bits per heavy atom. The van der Waals surface area contributed by atoms with Gasteiger partial charge in [-0.15, -0.1) is 17.0 Å². The SMILES string of the molecule is Br.O=C(O)c1cc(=O)cc[nH]1. The fourth-order valence-corrected chi connectivity index (χ4v) is 0.569. The third kappa shape index (κ3) is 2.55. The largest absolute Gasteiger partial charge is 0.477 e. The van der Waals surface area contributed by atoms with Crippen molar-refractivity contribution in [3.05, 3.63) is 34.2 Å². The van der Waals surface area contributed by atoms with E-state index in [9.17, 15) is 9.59 Å². The Hall–Kier alpha value is -1.10. The van der Waals surface area contributed by atoms with Crippen LogP contribution in [0.4, 0.5) is 0 Å². The van der Waals surface area contributed by atoms with Crippen LogP contribution < -0.4 is 5.43 Å². The maximum Gasteiger partial charge on any atom is 0.352 e. The molecule has 1 aromatic heterocycles. The first-order valence-corrected chi connectivity index (χ1v) is 2.62. The van der Waals surface area contributed by atoms with Crippen molar-refractivity contribution in [1.29, 1.82) is 0 Å². The highest BCUT2D eigenvalue weighted by Crippen LogP contribution is 1.85. The molecule has 0 amide bonds. The highest BCUT2D eigenvalue weighted by Gasteiger charge is 2.00. The van der Waals surface area contributed by atoms with Crippen LogP contribution in [0.2, 0.25) is 0 Å².